The highest BCUT2D eigenvalue weighted by molar-refractivity contribution is 5.20. The maximum atomic E-state index is 5.52. The minimum atomic E-state index is 0.625. The van der Waals surface area contributed by atoms with Gasteiger partial charge in [0, 0.05) is 12.6 Å². The summed E-state index contributed by atoms with van der Waals surface area (Å²) in [4.78, 5) is 0. The molecular weight excluding hydrogens is 214 g/mol. The van der Waals surface area contributed by atoms with Gasteiger partial charge in [-0.25, -0.2) is 0 Å². The Balaban J connectivity index is 1.38. The first kappa shape index (κ1) is 12.4. The zero-order chi connectivity index (χ0) is 11.8. The van der Waals surface area contributed by atoms with Gasteiger partial charge in [0.1, 0.15) is 12.4 Å². The first-order chi connectivity index (χ1) is 8.45. The van der Waals surface area contributed by atoms with Crippen LogP contribution in [0.5, 0.6) is 5.75 Å². The fourth-order valence-corrected chi connectivity index (χ4v) is 1.61. The molecule has 0 saturated heterocycles. The molecule has 0 bridgehead atoms. The van der Waals surface area contributed by atoms with Gasteiger partial charge in [0.25, 0.3) is 0 Å². The topological polar surface area (TPSA) is 30.5 Å². The molecule has 0 amide bonds. The van der Waals surface area contributed by atoms with Crippen molar-refractivity contribution in [1.82, 2.24) is 5.32 Å². The van der Waals surface area contributed by atoms with Gasteiger partial charge in [-0.2, -0.15) is 0 Å². The molecule has 1 aromatic rings. The highest BCUT2D eigenvalue weighted by Crippen LogP contribution is 2.18. The van der Waals surface area contributed by atoms with E-state index in [1.165, 1.54) is 12.8 Å². The monoisotopic (exact) mass is 235 g/mol. The summed E-state index contributed by atoms with van der Waals surface area (Å²) in [6, 6.07) is 10.6. The van der Waals surface area contributed by atoms with Crippen LogP contribution in [-0.2, 0) is 4.74 Å². The lowest BCUT2D eigenvalue weighted by Gasteiger charge is -2.07. The van der Waals surface area contributed by atoms with Crippen LogP contribution in [0.4, 0.5) is 0 Å². The maximum absolute atomic E-state index is 5.52. The van der Waals surface area contributed by atoms with Crippen molar-refractivity contribution >= 4 is 0 Å². The number of ether oxygens (including phenoxy) is 2. The Bertz CT molecular complexity index is 298. The van der Waals surface area contributed by atoms with Gasteiger partial charge in [0.2, 0.25) is 0 Å². The molecule has 17 heavy (non-hydrogen) atoms. The van der Waals surface area contributed by atoms with E-state index in [2.05, 4.69) is 5.32 Å². The third-order valence-electron chi connectivity index (χ3n) is 2.72. The summed E-state index contributed by atoms with van der Waals surface area (Å²) in [5.74, 6) is 0.909. The Labute approximate surface area is 103 Å². The zero-order valence-electron chi connectivity index (χ0n) is 10.2. The number of nitrogens with one attached hydrogen (secondary N) is 1. The Kier molecular flexibility index (Phi) is 5.33. The van der Waals surface area contributed by atoms with E-state index in [1.54, 1.807) is 0 Å². The molecule has 2 rings (SSSR count). The predicted octanol–water partition coefficient (Wildman–Crippen LogP) is 2.22. The summed E-state index contributed by atoms with van der Waals surface area (Å²) in [5.41, 5.74) is 0. The molecule has 1 saturated carbocycles. The fraction of sp³-hybridized carbons (Fsp3) is 0.571. The fourth-order valence-electron chi connectivity index (χ4n) is 1.61. The number of hydrogen-bond acceptors (Lipinski definition) is 3. The first-order valence-corrected chi connectivity index (χ1v) is 6.44. The van der Waals surface area contributed by atoms with Crippen molar-refractivity contribution < 1.29 is 9.47 Å². The molecule has 1 fully saturated rings. The first-order valence-electron chi connectivity index (χ1n) is 6.44. The number of hydrogen-bond donors (Lipinski definition) is 1. The van der Waals surface area contributed by atoms with Crippen LogP contribution in [0, 0.1) is 0 Å². The normalized spacial score (nSPS) is 14.8. The molecule has 3 nitrogen and oxygen atoms in total. The van der Waals surface area contributed by atoms with Crippen molar-refractivity contribution in [3.8, 4) is 5.75 Å². The quantitative estimate of drug-likeness (QED) is 0.666. The summed E-state index contributed by atoms with van der Waals surface area (Å²) in [6.45, 7) is 3.18. The summed E-state index contributed by atoms with van der Waals surface area (Å²) in [5, 5.41) is 3.46. The average molecular weight is 235 g/mol. The Morgan fingerprint density at radius 3 is 2.65 bits per heavy atom. The Morgan fingerprint density at radius 1 is 1.06 bits per heavy atom. The van der Waals surface area contributed by atoms with Gasteiger partial charge in [-0.3, -0.25) is 0 Å². The Morgan fingerprint density at radius 2 is 1.88 bits per heavy atom. The lowest BCUT2D eigenvalue weighted by Crippen LogP contribution is -2.19. The number of rotatable bonds is 9. The van der Waals surface area contributed by atoms with Gasteiger partial charge in [0.05, 0.1) is 6.61 Å². The third kappa shape index (κ3) is 5.71. The van der Waals surface area contributed by atoms with Crippen molar-refractivity contribution in [3.63, 3.8) is 0 Å². The van der Waals surface area contributed by atoms with Crippen LogP contribution in [0.3, 0.4) is 0 Å². The average Bonchev–Trinajstić information content (AvgIpc) is 3.18. The molecule has 0 aromatic heterocycles. The summed E-state index contributed by atoms with van der Waals surface area (Å²) in [7, 11) is 0. The van der Waals surface area contributed by atoms with Crippen molar-refractivity contribution in [2.45, 2.75) is 25.3 Å². The third-order valence-corrected chi connectivity index (χ3v) is 2.72. The van der Waals surface area contributed by atoms with E-state index in [4.69, 9.17) is 9.47 Å². The van der Waals surface area contributed by atoms with Gasteiger partial charge in [-0.1, -0.05) is 18.2 Å². The van der Waals surface area contributed by atoms with Crippen molar-refractivity contribution in [2.75, 3.05) is 26.4 Å². The maximum Gasteiger partial charge on any atom is 0.119 e. The predicted molar refractivity (Wildman–Crippen MR) is 68.4 cm³/mol. The highest BCUT2D eigenvalue weighted by atomic mass is 16.5. The second-order valence-electron chi connectivity index (χ2n) is 4.36. The highest BCUT2D eigenvalue weighted by Gasteiger charge is 2.19. The lowest BCUT2D eigenvalue weighted by molar-refractivity contribution is 0.0983. The summed E-state index contributed by atoms with van der Waals surface area (Å²) < 4.78 is 11.0. The molecule has 0 aliphatic heterocycles. The molecule has 1 aliphatic carbocycles. The second kappa shape index (κ2) is 7.30. The molecular formula is C14H21NO2. The second-order valence-corrected chi connectivity index (χ2v) is 4.36. The SMILES string of the molecule is c1ccc(OCCOCCCNC2CC2)cc1. The molecule has 94 valence electrons. The minimum Gasteiger partial charge on any atom is -0.491 e. The van der Waals surface area contributed by atoms with Crippen LogP contribution < -0.4 is 10.1 Å². The molecule has 0 atom stereocenters. The smallest absolute Gasteiger partial charge is 0.119 e. The molecule has 0 spiro atoms. The largest absolute Gasteiger partial charge is 0.491 e. The molecule has 1 aliphatic rings. The van der Waals surface area contributed by atoms with Gasteiger partial charge < -0.3 is 14.8 Å². The van der Waals surface area contributed by atoms with Gasteiger partial charge in [-0.05, 0) is 37.9 Å². The van der Waals surface area contributed by atoms with E-state index in [0.29, 0.717) is 13.2 Å². The van der Waals surface area contributed by atoms with Crippen LogP contribution in [-0.4, -0.2) is 32.4 Å². The van der Waals surface area contributed by atoms with Gasteiger partial charge in [0.15, 0.2) is 0 Å². The number of para-hydroxylation sites is 1. The summed E-state index contributed by atoms with van der Waals surface area (Å²) >= 11 is 0. The standard InChI is InChI=1S/C14H21NO2/c1-2-5-14(6-3-1)17-12-11-16-10-4-9-15-13-7-8-13/h1-3,5-6,13,15H,4,7-12H2. The van der Waals surface area contributed by atoms with E-state index in [-0.39, 0.29) is 0 Å². The Hall–Kier alpha value is -1.06. The van der Waals surface area contributed by atoms with E-state index in [0.717, 1.165) is 31.4 Å². The van der Waals surface area contributed by atoms with E-state index in [1.807, 2.05) is 30.3 Å². The molecule has 0 unspecified atom stereocenters. The van der Waals surface area contributed by atoms with Gasteiger partial charge in [-0.15, -0.1) is 0 Å². The van der Waals surface area contributed by atoms with Crippen LogP contribution in [0.25, 0.3) is 0 Å². The van der Waals surface area contributed by atoms with E-state index in [9.17, 15) is 0 Å². The molecule has 1 aromatic carbocycles. The zero-order valence-corrected chi connectivity index (χ0v) is 10.2. The molecule has 1 N–H and O–H groups in total. The van der Waals surface area contributed by atoms with Crippen LogP contribution in [0.15, 0.2) is 30.3 Å². The van der Waals surface area contributed by atoms with Crippen LogP contribution in [0.1, 0.15) is 19.3 Å². The minimum absolute atomic E-state index is 0.625. The van der Waals surface area contributed by atoms with Crippen molar-refractivity contribution in [1.29, 1.82) is 0 Å². The molecule has 3 heteroatoms. The molecule has 0 heterocycles. The van der Waals surface area contributed by atoms with Crippen LogP contribution in [0.2, 0.25) is 0 Å². The van der Waals surface area contributed by atoms with E-state index < -0.39 is 0 Å². The van der Waals surface area contributed by atoms with Crippen molar-refractivity contribution in [2.24, 2.45) is 0 Å². The summed E-state index contributed by atoms with van der Waals surface area (Å²) in [6.07, 6.45) is 3.79. The van der Waals surface area contributed by atoms with Crippen LogP contribution >= 0.6 is 0 Å². The van der Waals surface area contributed by atoms with Gasteiger partial charge >= 0.3 is 0 Å². The number of benzene rings is 1. The van der Waals surface area contributed by atoms with Crippen molar-refractivity contribution in [3.05, 3.63) is 30.3 Å². The molecule has 0 radical (unpaired) electrons. The lowest BCUT2D eigenvalue weighted by atomic mass is 10.3. The van der Waals surface area contributed by atoms with E-state index >= 15 is 0 Å².